The van der Waals surface area contributed by atoms with Crippen LogP contribution in [0.15, 0.2) is 47.8 Å². The second-order valence-electron chi connectivity index (χ2n) is 7.20. The topological polar surface area (TPSA) is 75.2 Å². The van der Waals surface area contributed by atoms with E-state index >= 15 is 0 Å². The Labute approximate surface area is 148 Å². The van der Waals surface area contributed by atoms with E-state index in [9.17, 15) is 8.42 Å². The predicted molar refractivity (Wildman–Crippen MR) is 95.7 cm³/mol. The number of nitrogens with zero attached hydrogens (tertiary/aromatic N) is 3. The molecule has 1 saturated heterocycles. The molecule has 2 aliphatic rings. The molecule has 1 saturated carbocycles. The van der Waals surface area contributed by atoms with Gasteiger partial charge in [-0.1, -0.05) is 18.2 Å². The molecule has 6 nitrogen and oxygen atoms in total. The molecule has 1 aliphatic carbocycles. The first-order valence-electron chi connectivity index (χ1n) is 8.57. The number of hydrogen-bond donors (Lipinski definition) is 1. The minimum absolute atomic E-state index is 0.112. The molecule has 0 atom stereocenters. The van der Waals surface area contributed by atoms with E-state index in [-0.39, 0.29) is 5.41 Å². The van der Waals surface area contributed by atoms with E-state index < -0.39 is 10.0 Å². The molecular formula is C18H22N4O2S. The summed E-state index contributed by atoms with van der Waals surface area (Å²) in [4.78, 5) is 8.54. The van der Waals surface area contributed by atoms with Crippen LogP contribution >= 0.6 is 0 Å². The van der Waals surface area contributed by atoms with E-state index in [1.54, 1.807) is 22.6 Å². The highest BCUT2D eigenvalue weighted by atomic mass is 32.2. The molecule has 2 heterocycles. The fraction of sp³-hybridized carbons (Fsp3) is 0.444. The minimum Gasteiger partial charge on any atom is -0.367 e. The summed E-state index contributed by atoms with van der Waals surface area (Å²) in [5, 5.41) is 3.40. The van der Waals surface area contributed by atoms with Gasteiger partial charge in [-0.05, 0) is 49.3 Å². The molecule has 2 aromatic rings. The van der Waals surface area contributed by atoms with Gasteiger partial charge in [-0.2, -0.15) is 4.31 Å². The van der Waals surface area contributed by atoms with Crippen LogP contribution in [0.3, 0.4) is 0 Å². The van der Waals surface area contributed by atoms with E-state index in [2.05, 4.69) is 15.3 Å². The summed E-state index contributed by atoms with van der Waals surface area (Å²) in [5.41, 5.74) is 0.917. The highest BCUT2D eigenvalue weighted by molar-refractivity contribution is 7.89. The molecule has 4 rings (SSSR count). The highest BCUT2D eigenvalue weighted by Gasteiger charge is 2.51. The lowest BCUT2D eigenvalue weighted by molar-refractivity contribution is 0.133. The molecule has 0 radical (unpaired) electrons. The third-order valence-corrected chi connectivity index (χ3v) is 7.41. The van der Waals surface area contributed by atoms with Crippen molar-refractivity contribution in [3.63, 3.8) is 0 Å². The number of nitrogens with one attached hydrogen (secondary N) is 1. The first-order chi connectivity index (χ1) is 12.0. The molecule has 2 fully saturated rings. The number of rotatable bonds is 4. The molecule has 0 unspecified atom stereocenters. The number of sulfonamides is 1. The molecule has 7 heteroatoms. The number of anilines is 1. The van der Waals surface area contributed by atoms with E-state index in [0.29, 0.717) is 24.0 Å². The summed E-state index contributed by atoms with van der Waals surface area (Å²) in [6, 6.07) is 9.43. The first-order valence-corrected chi connectivity index (χ1v) is 10.0. The van der Waals surface area contributed by atoms with Crippen molar-refractivity contribution in [2.45, 2.75) is 37.1 Å². The number of aryl methyl sites for hydroxylation is 1. The molecule has 1 spiro atoms. The van der Waals surface area contributed by atoms with Gasteiger partial charge in [0.15, 0.2) is 0 Å². The number of aromatic nitrogens is 2. The van der Waals surface area contributed by atoms with E-state index in [4.69, 9.17) is 0 Å². The van der Waals surface area contributed by atoms with E-state index in [1.807, 2.05) is 25.1 Å². The lowest BCUT2D eigenvalue weighted by Gasteiger charge is -2.45. The molecule has 1 aromatic heterocycles. The Kier molecular flexibility index (Phi) is 4.00. The average Bonchev–Trinajstić information content (AvgIpc) is 3.02. The van der Waals surface area contributed by atoms with Gasteiger partial charge in [0.25, 0.3) is 0 Å². The fourth-order valence-electron chi connectivity index (χ4n) is 4.09. The first kappa shape index (κ1) is 16.5. The Morgan fingerprint density at radius 3 is 2.76 bits per heavy atom. The van der Waals surface area contributed by atoms with Crippen LogP contribution in [0.5, 0.6) is 0 Å². The number of benzene rings is 1. The van der Waals surface area contributed by atoms with Crippen LogP contribution in [-0.4, -0.2) is 41.8 Å². The molecule has 25 heavy (non-hydrogen) atoms. The van der Waals surface area contributed by atoms with Crippen LogP contribution < -0.4 is 5.32 Å². The summed E-state index contributed by atoms with van der Waals surface area (Å²) in [6.07, 6.45) is 6.15. The van der Waals surface area contributed by atoms with Crippen LogP contribution in [0.1, 0.15) is 24.8 Å². The summed E-state index contributed by atoms with van der Waals surface area (Å²) >= 11 is 0. The van der Waals surface area contributed by atoms with Crippen molar-refractivity contribution in [3.8, 4) is 0 Å². The molecular weight excluding hydrogens is 336 g/mol. The lowest BCUT2D eigenvalue weighted by atomic mass is 9.65. The molecule has 0 amide bonds. The molecule has 1 N–H and O–H groups in total. The molecule has 0 bridgehead atoms. The summed E-state index contributed by atoms with van der Waals surface area (Å²) < 4.78 is 27.6. The van der Waals surface area contributed by atoms with Gasteiger partial charge in [0.2, 0.25) is 10.0 Å². The van der Waals surface area contributed by atoms with Gasteiger partial charge in [0.1, 0.15) is 12.1 Å². The van der Waals surface area contributed by atoms with Crippen molar-refractivity contribution >= 4 is 15.8 Å². The van der Waals surface area contributed by atoms with Gasteiger partial charge in [-0.3, -0.25) is 0 Å². The molecule has 132 valence electrons. The normalized spacial score (nSPS) is 26.5. The van der Waals surface area contributed by atoms with Crippen LogP contribution in [0.2, 0.25) is 0 Å². The largest absolute Gasteiger partial charge is 0.367 e. The van der Waals surface area contributed by atoms with Gasteiger partial charge in [0, 0.05) is 25.3 Å². The zero-order valence-electron chi connectivity index (χ0n) is 14.2. The SMILES string of the molecule is Cc1ccccc1S(=O)(=O)N1CCC2(CC(Nc3ccncn3)C2)C1. The Morgan fingerprint density at radius 2 is 2.04 bits per heavy atom. The Bertz CT molecular complexity index is 864. The van der Waals surface area contributed by atoms with Gasteiger partial charge >= 0.3 is 0 Å². The Balaban J connectivity index is 1.42. The van der Waals surface area contributed by atoms with E-state index in [0.717, 1.165) is 30.6 Å². The van der Waals surface area contributed by atoms with Crippen LogP contribution in [0.25, 0.3) is 0 Å². The maximum atomic E-state index is 12.9. The maximum Gasteiger partial charge on any atom is 0.243 e. The van der Waals surface area contributed by atoms with Crippen molar-refractivity contribution in [2.75, 3.05) is 18.4 Å². The predicted octanol–water partition coefficient (Wildman–Crippen LogP) is 2.44. The summed E-state index contributed by atoms with van der Waals surface area (Å²) in [5.74, 6) is 0.831. The maximum absolute atomic E-state index is 12.9. The average molecular weight is 358 g/mol. The number of hydrogen-bond acceptors (Lipinski definition) is 5. The standard InChI is InChI=1S/C18H22N4O2S/c1-14-4-2-3-5-16(14)25(23,24)22-9-7-18(12-22)10-15(11-18)21-17-6-8-19-13-20-17/h2-6,8,13,15H,7,9-12H2,1H3,(H,19,20,21). The van der Waals surface area contributed by atoms with Crippen molar-refractivity contribution in [3.05, 3.63) is 48.4 Å². The highest BCUT2D eigenvalue weighted by Crippen LogP contribution is 2.50. The lowest BCUT2D eigenvalue weighted by Crippen LogP contribution is -2.47. The van der Waals surface area contributed by atoms with Crippen molar-refractivity contribution in [1.29, 1.82) is 0 Å². The Hall–Kier alpha value is -1.99. The second-order valence-corrected chi connectivity index (χ2v) is 9.10. The third kappa shape index (κ3) is 3.02. The van der Waals surface area contributed by atoms with Crippen LogP contribution in [0.4, 0.5) is 5.82 Å². The summed E-state index contributed by atoms with van der Waals surface area (Å²) in [7, 11) is -3.40. The minimum atomic E-state index is -3.40. The monoisotopic (exact) mass is 358 g/mol. The van der Waals surface area contributed by atoms with E-state index in [1.165, 1.54) is 6.33 Å². The van der Waals surface area contributed by atoms with Crippen molar-refractivity contribution < 1.29 is 8.42 Å². The van der Waals surface area contributed by atoms with Crippen molar-refractivity contribution in [1.82, 2.24) is 14.3 Å². The molecule has 1 aromatic carbocycles. The Morgan fingerprint density at radius 1 is 1.24 bits per heavy atom. The zero-order valence-corrected chi connectivity index (χ0v) is 15.0. The second kappa shape index (κ2) is 6.07. The van der Waals surface area contributed by atoms with Gasteiger partial charge in [0.05, 0.1) is 4.90 Å². The van der Waals surface area contributed by atoms with Crippen molar-refractivity contribution in [2.24, 2.45) is 5.41 Å². The van der Waals surface area contributed by atoms with Crippen LogP contribution in [0, 0.1) is 12.3 Å². The summed E-state index contributed by atoms with van der Waals surface area (Å²) in [6.45, 7) is 3.08. The smallest absolute Gasteiger partial charge is 0.243 e. The third-order valence-electron chi connectivity index (χ3n) is 5.41. The zero-order chi connectivity index (χ0) is 17.5. The van der Waals surface area contributed by atoms with Gasteiger partial charge in [-0.25, -0.2) is 18.4 Å². The van der Waals surface area contributed by atoms with Gasteiger partial charge in [-0.15, -0.1) is 0 Å². The van der Waals surface area contributed by atoms with Gasteiger partial charge < -0.3 is 5.32 Å². The molecule has 1 aliphatic heterocycles. The fourth-order valence-corrected chi connectivity index (χ4v) is 5.87. The van der Waals surface area contributed by atoms with Crippen LogP contribution in [-0.2, 0) is 10.0 Å². The quantitative estimate of drug-likeness (QED) is 0.908.